The average molecular weight is 594 g/mol. The molecule has 1 atom stereocenters. The number of thiophene rings is 1. The number of rotatable bonds is 8. The molecule has 1 aromatic carbocycles. The third-order valence-corrected chi connectivity index (χ3v) is 7.46. The molecule has 0 fully saturated rings. The Balaban J connectivity index is 1.46. The van der Waals surface area contributed by atoms with Crippen LogP contribution >= 0.6 is 11.3 Å². The number of imidazole rings is 1. The second kappa shape index (κ2) is 11.7. The number of aromatic nitrogens is 5. The summed E-state index contributed by atoms with van der Waals surface area (Å²) in [6.45, 7) is 7.79. The molecule has 0 radical (unpaired) electrons. The van der Waals surface area contributed by atoms with Crippen LogP contribution < -0.4 is 16.3 Å². The smallest absolute Gasteiger partial charge is 0.408 e. The molecule has 3 N–H and O–H groups in total. The number of halogens is 2. The monoisotopic (exact) mass is 593 g/mol. The first-order valence-electron chi connectivity index (χ1n) is 13.2. The van der Waals surface area contributed by atoms with Crippen LogP contribution in [-0.4, -0.2) is 42.7 Å². The average Bonchev–Trinajstić information content (AvgIpc) is 3.54. The van der Waals surface area contributed by atoms with Gasteiger partial charge in [-0.15, -0.1) is 11.3 Å². The fourth-order valence-electron chi connectivity index (χ4n) is 4.41. The first-order valence-corrected chi connectivity index (χ1v) is 14.0. The highest BCUT2D eigenvalue weighted by molar-refractivity contribution is 7.22. The molecule has 42 heavy (non-hydrogen) atoms. The van der Waals surface area contributed by atoms with Gasteiger partial charge in [0.25, 0.3) is 0 Å². The van der Waals surface area contributed by atoms with Crippen molar-refractivity contribution < 1.29 is 18.3 Å². The summed E-state index contributed by atoms with van der Waals surface area (Å²) in [5, 5.41) is 6.62. The Morgan fingerprint density at radius 2 is 1.98 bits per heavy atom. The van der Waals surface area contributed by atoms with E-state index in [1.54, 1.807) is 40.1 Å². The molecule has 0 bridgehead atoms. The third kappa shape index (κ3) is 6.46. The minimum atomic E-state index is -0.681. The van der Waals surface area contributed by atoms with E-state index in [2.05, 4.69) is 30.6 Å². The molecule has 0 aliphatic heterocycles. The summed E-state index contributed by atoms with van der Waals surface area (Å²) in [7, 11) is 0. The number of carbonyl (C=O) groups excluding carboxylic acids is 1. The van der Waals surface area contributed by atoms with Crippen molar-refractivity contribution in [1.29, 1.82) is 0 Å². The molecule has 4 aromatic heterocycles. The molecule has 0 saturated carbocycles. The van der Waals surface area contributed by atoms with Crippen LogP contribution in [-0.2, 0) is 11.3 Å². The van der Waals surface area contributed by atoms with E-state index in [9.17, 15) is 18.4 Å². The van der Waals surface area contributed by atoms with E-state index in [4.69, 9.17) is 4.74 Å². The van der Waals surface area contributed by atoms with Gasteiger partial charge in [-0.3, -0.25) is 4.57 Å². The fourth-order valence-corrected chi connectivity index (χ4v) is 5.59. The van der Waals surface area contributed by atoms with Gasteiger partial charge in [0, 0.05) is 53.6 Å². The number of ether oxygens (including phenoxy) is 1. The highest BCUT2D eigenvalue weighted by Crippen LogP contribution is 2.41. The Kier molecular flexibility index (Phi) is 8.03. The number of amides is 1. The standard InChI is InChI=1S/C29H29F2N7O3S/c1-16(36-28(40)41-29(2,3)4)20-14-34-23(31)13-19(20)18-7-5-6-17-12-22(42-25(17)18)24-21(30)15-35-26(37-24)32-8-10-38-11-9-33-27(38)39/h5-7,9,11-16H,8,10H2,1-4H3,(H,33,39)(H,36,40)(H,32,35,37). The number of anilines is 1. The Hall–Kier alpha value is -4.65. The number of nitrogens with zero attached hydrogens (tertiary/aromatic N) is 4. The lowest BCUT2D eigenvalue weighted by Crippen LogP contribution is -2.34. The van der Waals surface area contributed by atoms with E-state index in [1.165, 1.54) is 28.2 Å². The van der Waals surface area contributed by atoms with Crippen LogP contribution in [0.5, 0.6) is 0 Å². The molecule has 0 saturated heterocycles. The summed E-state index contributed by atoms with van der Waals surface area (Å²) in [6, 6.07) is 8.14. The Morgan fingerprint density at radius 1 is 1.17 bits per heavy atom. The van der Waals surface area contributed by atoms with Gasteiger partial charge in [0.15, 0.2) is 5.82 Å². The van der Waals surface area contributed by atoms with Crippen LogP contribution in [0.3, 0.4) is 0 Å². The maximum Gasteiger partial charge on any atom is 0.408 e. The number of aromatic amines is 1. The van der Waals surface area contributed by atoms with Crippen molar-refractivity contribution in [2.75, 3.05) is 11.9 Å². The zero-order chi connectivity index (χ0) is 30.0. The van der Waals surface area contributed by atoms with E-state index < -0.39 is 29.5 Å². The number of H-pyrrole nitrogens is 1. The highest BCUT2D eigenvalue weighted by Gasteiger charge is 2.22. The zero-order valence-corrected chi connectivity index (χ0v) is 24.2. The van der Waals surface area contributed by atoms with Crippen molar-refractivity contribution in [3.63, 3.8) is 0 Å². The van der Waals surface area contributed by atoms with Gasteiger partial charge in [-0.2, -0.15) is 4.39 Å². The highest BCUT2D eigenvalue weighted by atomic mass is 32.1. The summed E-state index contributed by atoms with van der Waals surface area (Å²) in [5.74, 6) is -1.05. The van der Waals surface area contributed by atoms with Crippen molar-refractivity contribution in [2.24, 2.45) is 0 Å². The van der Waals surface area contributed by atoms with Gasteiger partial charge in [0.2, 0.25) is 11.9 Å². The van der Waals surface area contributed by atoms with Gasteiger partial charge in [-0.1, -0.05) is 18.2 Å². The predicted molar refractivity (Wildman–Crippen MR) is 157 cm³/mol. The number of pyridine rings is 1. The predicted octanol–water partition coefficient (Wildman–Crippen LogP) is 5.89. The van der Waals surface area contributed by atoms with Crippen LogP contribution in [0.2, 0.25) is 0 Å². The van der Waals surface area contributed by atoms with E-state index in [1.807, 2.05) is 24.3 Å². The third-order valence-electron chi connectivity index (χ3n) is 6.27. The molecule has 1 amide bonds. The summed E-state index contributed by atoms with van der Waals surface area (Å²) >= 11 is 1.30. The van der Waals surface area contributed by atoms with E-state index in [-0.39, 0.29) is 17.3 Å². The van der Waals surface area contributed by atoms with Gasteiger partial charge in [-0.05, 0) is 44.7 Å². The molecule has 218 valence electrons. The maximum absolute atomic E-state index is 15.0. The topological polar surface area (TPSA) is 127 Å². The summed E-state index contributed by atoms with van der Waals surface area (Å²) < 4.78 is 37.1. The zero-order valence-electron chi connectivity index (χ0n) is 23.4. The van der Waals surface area contributed by atoms with Crippen molar-refractivity contribution in [3.8, 4) is 21.7 Å². The lowest BCUT2D eigenvalue weighted by Gasteiger charge is -2.23. The van der Waals surface area contributed by atoms with Gasteiger partial charge in [0.05, 0.1) is 17.1 Å². The Morgan fingerprint density at radius 3 is 2.71 bits per heavy atom. The Labute approximate surface area is 243 Å². The molecule has 0 spiro atoms. The molecule has 0 aliphatic rings. The van der Waals surface area contributed by atoms with Crippen molar-refractivity contribution in [2.45, 2.75) is 45.9 Å². The largest absolute Gasteiger partial charge is 0.444 e. The molecule has 4 heterocycles. The minimum Gasteiger partial charge on any atom is -0.444 e. The number of nitrogens with one attached hydrogen (secondary N) is 3. The number of fused-ring (bicyclic) bond motifs is 1. The van der Waals surface area contributed by atoms with Crippen LogP contribution in [0.15, 0.2) is 59.9 Å². The summed E-state index contributed by atoms with van der Waals surface area (Å²) in [4.78, 5) is 39.5. The van der Waals surface area contributed by atoms with Gasteiger partial charge in [0.1, 0.15) is 11.3 Å². The molecule has 13 heteroatoms. The fraction of sp³-hybridized carbons (Fsp3) is 0.276. The second-order valence-electron chi connectivity index (χ2n) is 10.6. The van der Waals surface area contributed by atoms with Gasteiger partial charge >= 0.3 is 11.8 Å². The number of hydrogen-bond acceptors (Lipinski definition) is 8. The summed E-state index contributed by atoms with van der Waals surface area (Å²) in [5.41, 5.74) is 1.02. The van der Waals surface area contributed by atoms with Gasteiger partial charge < -0.3 is 20.4 Å². The van der Waals surface area contributed by atoms with Crippen LogP contribution in [0.4, 0.5) is 19.5 Å². The number of benzene rings is 1. The molecule has 5 aromatic rings. The van der Waals surface area contributed by atoms with Crippen LogP contribution in [0.25, 0.3) is 31.8 Å². The minimum absolute atomic E-state index is 0.111. The molecule has 5 rings (SSSR count). The normalized spacial score (nSPS) is 12.3. The molecule has 1 unspecified atom stereocenters. The van der Waals surface area contributed by atoms with E-state index >= 15 is 0 Å². The number of alkyl carbamates (subject to hydrolysis) is 1. The quantitative estimate of drug-likeness (QED) is 0.192. The van der Waals surface area contributed by atoms with E-state index in [0.29, 0.717) is 34.7 Å². The second-order valence-corrected chi connectivity index (χ2v) is 11.6. The van der Waals surface area contributed by atoms with E-state index in [0.717, 1.165) is 16.3 Å². The maximum atomic E-state index is 15.0. The first-order chi connectivity index (χ1) is 20.0. The van der Waals surface area contributed by atoms with Gasteiger partial charge in [-0.25, -0.2) is 28.9 Å². The molecular formula is C29H29F2N7O3S. The summed E-state index contributed by atoms with van der Waals surface area (Å²) in [6.07, 6.45) is 5.06. The molecular weight excluding hydrogens is 564 g/mol. The van der Waals surface area contributed by atoms with Crippen molar-refractivity contribution in [1.82, 2.24) is 29.8 Å². The van der Waals surface area contributed by atoms with Crippen LogP contribution in [0.1, 0.15) is 39.3 Å². The number of carbonyl (C=O) groups is 1. The number of hydrogen-bond donors (Lipinski definition) is 3. The van der Waals surface area contributed by atoms with Crippen LogP contribution in [0, 0.1) is 11.8 Å². The lowest BCUT2D eigenvalue weighted by molar-refractivity contribution is 0.0508. The molecule has 10 nitrogen and oxygen atoms in total. The van der Waals surface area contributed by atoms with Crippen molar-refractivity contribution in [3.05, 3.63) is 82.9 Å². The first kappa shape index (κ1) is 28.9. The SMILES string of the molecule is CC(NC(=O)OC(C)(C)C)c1cnc(F)cc1-c1cccc2cc(-c3nc(NCCn4cc[nH]c4=O)ncc3F)sc12. The lowest BCUT2D eigenvalue weighted by atomic mass is 9.96. The Bertz CT molecular complexity index is 1810. The van der Waals surface area contributed by atoms with Crippen molar-refractivity contribution >= 4 is 33.5 Å². The molecule has 0 aliphatic carbocycles.